The van der Waals surface area contributed by atoms with E-state index < -0.39 is 8.07 Å². The number of hydrogen-bond donors (Lipinski definition) is 0. The third-order valence-corrected chi connectivity index (χ3v) is 6.40. The molecule has 27 heavy (non-hydrogen) atoms. The fourth-order valence-corrected chi connectivity index (χ4v) is 4.02. The molecule has 144 valence electrons. The summed E-state index contributed by atoms with van der Waals surface area (Å²) in [5, 5.41) is 13.0. The second-order valence-electron chi connectivity index (χ2n) is 8.10. The van der Waals surface area contributed by atoms with Gasteiger partial charge in [-0.15, -0.1) is 0 Å². The molecule has 6 nitrogen and oxygen atoms in total. The quantitative estimate of drug-likeness (QED) is 0.238. The summed E-state index contributed by atoms with van der Waals surface area (Å²) in [5.41, 5.74) is 2.95. The molecule has 0 aliphatic heterocycles. The van der Waals surface area contributed by atoms with E-state index in [0.717, 1.165) is 39.2 Å². The number of ether oxygens (including phenoxy) is 2. The second-order valence-corrected chi connectivity index (χ2v) is 13.7. The molecule has 0 N–H and O–H groups in total. The number of aromatic nitrogens is 1. The van der Waals surface area contributed by atoms with E-state index in [0.29, 0.717) is 13.3 Å². The molecule has 0 aliphatic carbocycles. The van der Waals surface area contributed by atoms with Gasteiger partial charge in [0.1, 0.15) is 12.5 Å². The second kappa shape index (κ2) is 7.32. The van der Waals surface area contributed by atoms with Gasteiger partial charge in [0.25, 0.3) is 5.69 Å². The molecule has 0 aliphatic rings. The van der Waals surface area contributed by atoms with Crippen LogP contribution < -0.4 is 4.74 Å². The maximum atomic E-state index is 11.2. The van der Waals surface area contributed by atoms with Gasteiger partial charge >= 0.3 is 0 Å². The van der Waals surface area contributed by atoms with Crippen molar-refractivity contribution in [2.75, 3.05) is 13.7 Å². The van der Waals surface area contributed by atoms with Crippen LogP contribution in [0.3, 0.4) is 0 Å². The van der Waals surface area contributed by atoms with Crippen molar-refractivity contribution in [2.24, 2.45) is 0 Å². The van der Waals surface area contributed by atoms with E-state index >= 15 is 0 Å². The summed E-state index contributed by atoms with van der Waals surface area (Å²) in [4.78, 5) is 10.9. The number of benzene rings is 2. The molecular formula is C20H26N2O4Si. The number of rotatable bonds is 7. The van der Waals surface area contributed by atoms with Gasteiger partial charge in [-0.2, -0.15) is 0 Å². The predicted molar refractivity (Wildman–Crippen MR) is 111 cm³/mol. The zero-order chi connectivity index (χ0) is 19.8. The third-order valence-electron chi connectivity index (χ3n) is 4.70. The molecule has 7 heteroatoms. The van der Waals surface area contributed by atoms with Crippen molar-refractivity contribution in [2.45, 2.75) is 39.3 Å². The number of methoxy groups -OCH3 is 1. The third kappa shape index (κ3) is 3.99. The maximum absolute atomic E-state index is 11.2. The van der Waals surface area contributed by atoms with Crippen molar-refractivity contribution in [1.29, 1.82) is 0 Å². The minimum atomic E-state index is -1.17. The molecule has 0 radical (unpaired) electrons. The lowest BCUT2D eigenvalue weighted by atomic mass is 10.1. The number of aryl methyl sites for hydroxylation is 1. The molecule has 1 heterocycles. The maximum Gasteiger partial charge on any atom is 0.270 e. The first kappa shape index (κ1) is 19.4. The average Bonchev–Trinajstić information content (AvgIpc) is 2.90. The first-order valence-corrected chi connectivity index (χ1v) is 12.7. The highest BCUT2D eigenvalue weighted by Crippen LogP contribution is 2.37. The van der Waals surface area contributed by atoms with Gasteiger partial charge in [-0.3, -0.25) is 10.1 Å². The first-order valence-electron chi connectivity index (χ1n) is 9.04. The average molecular weight is 387 g/mol. The molecule has 3 aromatic rings. The molecule has 0 fully saturated rings. The topological polar surface area (TPSA) is 66.5 Å². The molecule has 0 bridgehead atoms. The Kier molecular flexibility index (Phi) is 5.26. The lowest BCUT2D eigenvalue weighted by molar-refractivity contribution is -0.384. The number of non-ortho nitro benzene ring substituents is 1. The number of nitrogens with zero attached hydrogens (tertiary/aromatic N) is 2. The van der Waals surface area contributed by atoms with Crippen molar-refractivity contribution >= 4 is 35.6 Å². The van der Waals surface area contributed by atoms with Crippen LogP contribution in [0, 0.1) is 17.0 Å². The normalized spacial score (nSPS) is 12.0. The molecule has 0 amide bonds. The summed E-state index contributed by atoms with van der Waals surface area (Å²) in [6.45, 7) is 10.1. The lowest BCUT2D eigenvalue weighted by Crippen LogP contribution is -2.22. The molecule has 0 unspecified atom stereocenters. The number of fused-ring (bicyclic) bond motifs is 3. The van der Waals surface area contributed by atoms with Gasteiger partial charge in [0, 0.05) is 37.6 Å². The van der Waals surface area contributed by atoms with Crippen molar-refractivity contribution in [3.8, 4) is 5.75 Å². The summed E-state index contributed by atoms with van der Waals surface area (Å²) < 4.78 is 13.7. The standard InChI is InChI=1S/C20H26N2O4Si/c1-14-10-17-16-12-15(22(23)24)6-7-18(16)21(20(17)19(11-14)25-2)13-26-8-9-27(3,4)5/h6-7,10-12H,8-9,13H2,1-5H3. The molecule has 3 rings (SSSR count). The lowest BCUT2D eigenvalue weighted by Gasteiger charge is -2.16. The first-order chi connectivity index (χ1) is 12.7. The van der Waals surface area contributed by atoms with E-state index in [-0.39, 0.29) is 10.6 Å². The van der Waals surface area contributed by atoms with E-state index in [9.17, 15) is 10.1 Å². The van der Waals surface area contributed by atoms with Crippen molar-refractivity contribution in [3.63, 3.8) is 0 Å². The minimum Gasteiger partial charge on any atom is -0.495 e. The molecule has 0 saturated carbocycles. The Hall–Kier alpha value is -2.38. The van der Waals surface area contributed by atoms with Gasteiger partial charge in [-0.05, 0) is 36.7 Å². The van der Waals surface area contributed by atoms with Crippen LogP contribution in [0.15, 0.2) is 30.3 Å². The highest BCUT2D eigenvalue weighted by Gasteiger charge is 2.19. The highest BCUT2D eigenvalue weighted by atomic mass is 28.3. The van der Waals surface area contributed by atoms with Crippen LogP contribution in [0.5, 0.6) is 5.75 Å². The molecule has 0 spiro atoms. The predicted octanol–water partition coefficient (Wildman–Crippen LogP) is 5.33. The van der Waals surface area contributed by atoms with Gasteiger partial charge in [-0.1, -0.05) is 19.6 Å². The zero-order valence-corrected chi connectivity index (χ0v) is 17.5. The SMILES string of the molecule is COc1cc(C)cc2c3cc([N+](=O)[O-])ccc3n(COCC[Si](C)(C)C)c12. The number of nitro groups is 1. The van der Waals surface area contributed by atoms with Crippen molar-refractivity contribution in [1.82, 2.24) is 4.57 Å². The summed E-state index contributed by atoms with van der Waals surface area (Å²) in [7, 11) is 0.478. The smallest absolute Gasteiger partial charge is 0.270 e. The van der Waals surface area contributed by atoms with Crippen molar-refractivity contribution in [3.05, 3.63) is 46.0 Å². The number of hydrogen-bond acceptors (Lipinski definition) is 4. The molecule has 1 aromatic heterocycles. The highest BCUT2D eigenvalue weighted by molar-refractivity contribution is 6.76. The molecule has 0 atom stereocenters. The summed E-state index contributed by atoms with van der Waals surface area (Å²) >= 11 is 0. The van der Waals surface area contributed by atoms with E-state index in [1.807, 2.05) is 19.1 Å². The number of nitro benzene ring substituents is 1. The van der Waals surface area contributed by atoms with Crippen LogP contribution in [0.1, 0.15) is 5.56 Å². The van der Waals surface area contributed by atoms with E-state index in [1.165, 1.54) is 0 Å². The Morgan fingerprint density at radius 2 is 1.89 bits per heavy atom. The molecule has 0 saturated heterocycles. The van der Waals surface area contributed by atoms with Crippen LogP contribution in [0.4, 0.5) is 5.69 Å². The fourth-order valence-electron chi connectivity index (χ4n) is 3.26. The van der Waals surface area contributed by atoms with Crippen molar-refractivity contribution < 1.29 is 14.4 Å². The van der Waals surface area contributed by atoms with Gasteiger partial charge in [0.15, 0.2) is 0 Å². The Balaban J connectivity index is 2.12. The van der Waals surface area contributed by atoms with Gasteiger partial charge in [-0.25, -0.2) is 0 Å². The summed E-state index contributed by atoms with van der Waals surface area (Å²) in [5.74, 6) is 0.748. The summed E-state index contributed by atoms with van der Waals surface area (Å²) in [6, 6.07) is 10.1. The Morgan fingerprint density at radius 3 is 2.52 bits per heavy atom. The van der Waals surface area contributed by atoms with Crippen LogP contribution in [0.25, 0.3) is 21.8 Å². The monoisotopic (exact) mass is 386 g/mol. The molecular weight excluding hydrogens is 360 g/mol. The Labute approximate surface area is 159 Å². The van der Waals surface area contributed by atoms with Crippen LogP contribution in [-0.4, -0.2) is 31.3 Å². The molecule has 2 aromatic carbocycles. The van der Waals surface area contributed by atoms with Gasteiger partial charge < -0.3 is 14.0 Å². The Bertz CT molecular complexity index is 1000. The van der Waals surface area contributed by atoms with Gasteiger partial charge in [0.05, 0.1) is 23.1 Å². The van der Waals surface area contributed by atoms with Crippen LogP contribution in [-0.2, 0) is 11.5 Å². The van der Waals surface area contributed by atoms with E-state index in [2.05, 4.69) is 24.2 Å². The fraction of sp³-hybridized carbons (Fsp3) is 0.400. The van der Waals surface area contributed by atoms with Gasteiger partial charge in [0.2, 0.25) is 0 Å². The Morgan fingerprint density at radius 1 is 1.15 bits per heavy atom. The summed E-state index contributed by atoms with van der Waals surface area (Å²) in [6.07, 6.45) is 0. The van der Waals surface area contributed by atoms with E-state index in [1.54, 1.807) is 25.3 Å². The largest absolute Gasteiger partial charge is 0.495 e. The van der Waals surface area contributed by atoms with Crippen LogP contribution in [0.2, 0.25) is 25.7 Å². The van der Waals surface area contributed by atoms with E-state index in [4.69, 9.17) is 9.47 Å². The zero-order valence-electron chi connectivity index (χ0n) is 16.5. The minimum absolute atomic E-state index is 0.0849. The van der Waals surface area contributed by atoms with Crippen LogP contribution >= 0.6 is 0 Å².